The van der Waals surface area contributed by atoms with Gasteiger partial charge in [-0.05, 0) is 30.4 Å². The molecule has 6 nitrogen and oxygen atoms in total. The fourth-order valence-corrected chi connectivity index (χ4v) is 4.14. The van der Waals surface area contributed by atoms with E-state index in [0.717, 1.165) is 11.3 Å². The Morgan fingerprint density at radius 1 is 1.14 bits per heavy atom. The van der Waals surface area contributed by atoms with E-state index in [1.165, 1.54) is 18.2 Å². The molecule has 3 aliphatic rings. The maximum Gasteiger partial charge on any atom is 0.294 e. The number of benzene rings is 1. The molecule has 1 aromatic rings. The van der Waals surface area contributed by atoms with Gasteiger partial charge in [0.05, 0.1) is 16.8 Å². The third-order valence-corrected chi connectivity index (χ3v) is 5.08. The van der Waals surface area contributed by atoms with Gasteiger partial charge in [-0.3, -0.25) is 19.7 Å². The van der Waals surface area contributed by atoms with Crippen LogP contribution in [0.15, 0.2) is 30.4 Å². The third-order valence-electron chi connectivity index (χ3n) is 4.85. The molecule has 112 valence electrons. The number of hydrogen-bond acceptors (Lipinski definition) is 4. The van der Waals surface area contributed by atoms with Gasteiger partial charge in [-0.25, -0.2) is 4.90 Å². The molecule has 1 aromatic carbocycles. The highest BCUT2D eigenvalue weighted by molar-refractivity contribution is 6.31. The summed E-state index contributed by atoms with van der Waals surface area (Å²) in [5, 5.41) is 11.4. The van der Waals surface area contributed by atoms with Gasteiger partial charge in [0.2, 0.25) is 11.8 Å². The van der Waals surface area contributed by atoms with Crippen LogP contribution in [0.1, 0.15) is 6.42 Å². The number of nitro groups is 1. The number of imide groups is 1. The van der Waals surface area contributed by atoms with Crippen molar-refractivity contribution >= 4 is 34.8 Å². The first-order valence-corrected chi connectivity index (χ1v) is 7.37. The SMILES string of the molecule is O=C1[C@@H]2[C@H](C(=O)N1c1ccc(Cl)cc1[N+](=O)[O-])[C@@H]1C=C[C@H]2C1. The number of carbonyl (C=O) groups excluding carboxylic acids is 2. The quantitative estimate of drug-likeness (QED) is 0.363. The molecule has 1 aliphatic heterocycles. The predicted octanol–water partition coefficient (Wildman–Crippen LogP) is 2.56. The van der Waals surface area contributed by atoms with Crippen molar-refractivity contribution in [1.82, 2.24) is 0 Å². The number of hydrogen-bond donors (Lipinski definition) is 0. The number of fused-ring (bicyclic) bond motifs is 5. The van der Waals surface area contributed by atoms with E-state index in [-0.39, 0.29) is 51.9 Å². The summed E-state index contributed by atoms with van der Waals surface area (Å²) in [6.45, 7) is 0. The van der Waals surface area contributed by atoms with Crippen molar-refractivity contribution in [2.45, 2.75) is 6.42 Å². The smallest absolute Gasteiger partial charge is 0.274 e. The van der Waals surface area contributed by atoms with Crippen molar-refractivity contribution in [3.63, 3.8) is 0 Å². The Bertz CT molecular complexity index is 730. The number of rotatable bonds is 2. The van der Waals surface area contributed by atoms with E-state index in [0.29, 0.717) is 0 Å². The Morgan fingerprint density at radius 3 is 2.27 bits per heavy atom. The Kier molecular flexibility index (Phi) is 2.69. The van der Waals surface area contributed by atoms with Crippen LogP contribution in [-0.2, 0) is 9.59 Å². The molecule has 1 saturated heterocycles. The summed E-state index contributed by atoms with van der Waals surface area (Å²) in [5.41, 5.74) is -0.312. The summed E-state index contributed by atoms with van der Waals surface area (Å²) in [6, 6.07) is 3.98. The van der Waals surface area contributed by atoms with Crippen LogP contribution in [0.5, 0.6) is 0 Å². The zero-order valence-corrected chi connectivity index (χ0v) is 12.1. The van der Waals surface area contributed by atoms with Crippen molar-refractivity contribution in [3.05, 3.63) is 45.5 Å². The van der Waals surface area contributed by atoms with Crippen LogP contribution in [0.2, 0.25) is 5.02 Å². The first kappa shape index (κ1) is 13.5. The number of anilines is 1. The molecule has 0 unspecified atom stereocenters. The van der Waals surface area contributed by atoms with Crippen molar-refractivity contribution in [3.8, 4) is 0 Å². The molecule has 4 atom stereocenters. The summed E-state index contributed by atoms with van der Waals surface area (Å²) in [5.74, 6) is -1.28. The van der Waals surface area contributed by atoms with E-state index in [4.69, 9.17) is 11.6 Å². The summed E-state index contributed by atoms with van der Waals surface area (Å²) in [7, 11) is 0. The fourth-order valence-electron chi connectivity index (χ4n) is 3.97. The van der Waals surface area contributed by atoms with Crippen LogP contribution in [0.3, 0.4) is 0 Å². The lowest BCUT2D eigenvalue weighted by molar-refractivity contribution is -0.384. The highest BCUT2D eigenvalue weighted by Crippen LogP contribution is 2.53. The zero-order chi connectivity index (χ0) is 15.6. The molecule has 2 aliphatic carbocycles. The number of amides is 2. The summed E-state index contributed by atoms with van der Waals surface area (Å²) >= 11 is 5.79. The molecule has 0 N–H and O–H groups in total. The Morgan fingerprint density at radius 2 is 1.73 bits per heavy atom. The molecule has 7 heteroatoms. The topological polar surface area (TPSA) is 80.5 Å². The Hall–Kier alpha value is -2.21. The van der Waals surface area contributed by atoms with E-state index in [1.54, 1.807) is 0 Å². The van der Waals surface area contributed by atoms with Crippen LogP contribution in [0.25, 0.3) is 0 Å². The van der Waals surface area contributed by atoms with Gasteiger partial charge < -0.3 is 0 Å². The molecule has 4 rings (SSSR count). The number of halogens is 1. The van der Waals surface area contributed by atoms with E-state index in [1.807, 2.05) is 12.2 Å². The van der Waals surface area contributed by atoms with Crippen molar-refractivity contribution in [1.29, 1.82) is 0 Å². The van der Waals surface area contributed by atoms with Crippen LogP contribution in [0.4, 0.5) is 11.4 Å². The summed E-state index contributed by atoms with van der Waals surface area (Å²) in [4.78, 5) is 36.9. The molecular weight excluding hydrogens is 308 g/mol. The minimum Gasteiger partial charge on any atom is -0.274 e. The molecule has 1 heterocycles. The maximum absolute atomic E-state index is 12.7. The molecule has 2 bridgehead atoms. The van der Waals surface area contributed by atoms with Crippen LogP contribution >= 0.6 is 11.6 Å². The second-order valence-corrected chi connectivity index (χ2v) is 6.34. The Labute approximate surface area is 130 Å². The minimum atomic E-state index is -0.622. The Balaban J connectivity index is 1.81. The van der Waals surface area contributed by atoms with E-state index in [2.05, 4.69) is 0 Å². The van der Waals surface area contributed by atoms with Crippen LogP contribution < -0.4 is 4.90 Å². The van der Waals surface area contributed by atoms with Gasteiger partial charge in [-0.1, -0.05) is 23.8 Å². The highest BCUT2D eigenvalue weighted by atomic mass is 35.5. The lowest BCUT2D eigenvalue weighted by Gasteiger charge is -2.17. The van der Waals surface area contributed by atoms with Crippen molar-refractivity contribution in [2.24, 2.45) is 23.7 Å². The first-order chi connectivity index (χ1) is 10.5. The monoisotopic (exact) mass is 318 g/mol. The minimum absolute atomic E-state index is 0.0122. The summed E-state index contributed by atoms with van der Waals surface area (Å²) in [6.07, 6.45) is 4.79. The lowest BCUT2D eigenvalue weighted by Crippen LogP contribution is -2.33. The summed E-state index contributed by atoms with van der Waals surface area (Å²) < 4.78 is 0. The molecule has 0 radical (unpaired) electrons. The molecule has 2 fully saturated rings. The molecule has 1 saturated carbocycles. The number of nitro benzene ring substituents is 1. The fraction of sp³-hybridized carbons (Fsp3) is 0.333. The molecule has 0 spiro atoms. The number of allylic oxidation sites excluding steroid dienone is 2. The van der Waals surface area contributed by atoms with Gasteiger partial charge in [0.15, 0.2) is 0 Å². The van der Waals surface area contributed by atoms with Gasteiger partial charge in [-0.2, -0.15) is 0 Å². The van der Waals surface area contributed by atoms with E-state index in [9.17, 15) is 19.7 Å². The average molecular weight is 319 g/mol. The first-order valence-electron chi connectivity index (χ1n) is 6.99. The molecular formula is C15H11ClN2O4. The van der Waals surface area contributed by atoms with E-state index >= 15 is 0 Å². The standard InChI is InChI=1S/C15H11ClN2O4/c16-9-3-4-10(11(6-9)18(21)22)17-14(19)12-7-1-2-8(5-7)13(12)15(17)20/h1-4,6-8,12-13H,5H2/t7-,8+,12-,13+. The van der Waals surface area contributed by atoms with Gasteiger partial charge in [0.1, 0.15) is 5.69 Å². The molecule has 22 heavy (non-hydrogen) atoms. The average Bonchev–Trinajstić information content (AvgIpc) is 3.14. The maximum atomic E-state index is 12.7. The molecule has 2 amide bonds. The zero-order valence-electron chi connectivity index (χ0n) is 11.3. The largest absolute Gasteiger partial charge is 0.294 e. The van der Waals surface area contributed by atoms with Gasteiger partial charge in [0, 0.05) is 11.1 Å². The predicted molar refractivity (Wildman–Crippen MR) is 78.3 cm³/mol. The highest BCUT2D eigenvalue weighted by Gasteiger charge is 2.60. The third kappa shape index (κ3) is 1.61. The van der Waals surface area contributed by atoms with Crippen molar-refractivity contribution < 1.29 is 14.5 Å². The van der Waals surface area contributed by atoms with Crippen molar-refractivity contribution in [2.75, 3.05) is 4.90 Å². The second kappa shape index (κ2) is 4.39. The van der Waals surface area contributed by atoms with Gasteiger partial charge in [0.25, 0.3) is 5.69 Å². The van der Waals surface area contributed by atoms with Gasteiger partial charge >= 0.3 is 0 Å². The normalized spacial score (nSPS) is 32.0. The van der Waals surface area contributed by atoms with Crippen LogP contribution in [0, 0.1) is 33.8 Å². The number of nitrogens with zero attached hydrogens (tertiary/aromatic N) is 2. The van der Waals surface area contributed by atoms with Crippen LogP contribution in [-0.4, -0.2) is 16.7 Å². The van der Waals surface area contributed by atoms with E-state index < -0.39 is 4.92 Å². The second-order valence-electron chi connectivity index (χ2n) is 5.90. The lowest BCUT2D eigenvalue weighted by atomic mass is 9.85. The van der Waals surface area contributed by atoms with Gasteiger partial charge in [-0.15, -0.1) is 0 Å². The molecule has 0 aromatic heterocycles. The number of carbonyl (C=O) groups is 2.